The summed E-state index contributed by atoms with van der Waals surface area (Å²) in [5, 5.41) is 21.5. The molecular formula is C26H33NO7. The van der Waals surface area contributed by atoms with Crippen LogP contribution in [0.15, 0.2) is 42.5 Å². The number of aliphatic hydroxyl groups is 1. The lowest BCUT2D eigenvalue weighted by molar-refractivity contribution is -0.149. The van der Waals surface area contributed by atoms with Gasteiger partial charge in [0.2, 0.25) is 0 Å². The number of carboxylic acid groups (broad SMARTS) is 1. The molecule has 0 radical (unpaired) electrons. The van der Waals surface area contributed by atoms with Crippen LogP contribution in [-0.2, 0) is 20.7 Å². The molecule has 0 saturated carbocycles. The Hall–Kier alpha value is -3.10. The molecule has 2 aromatic rings. The Morgan fingerprint density at radius 2 is 1.76 bits per heavy atom. The number of hydrogen-bond acceptors (Lipinski definition) is 6. The zero-order valence-electron chi connectivity index (χ0n) is 19.7. The van der Waals surface area contributed by atoms with Gasteiger partial charge >= 0.3 is 5.97 Å². The standard InChI is InChI=1S/C26H33NO7/c1-32-21-7-5-8-22(33-2)23(21)19-11-9-18(10-12-19)17-20(24(29)30)27-25(31)26(13-3-4-15-28)14-6-16-34-26/h5,7-12,20,28H,3-4,6,13-17H2,1-2H3,(H,27,31)(H,29,30)/t20-,26?/m0/s1. The second-order valence-corrected chi connectivity index (χ2v) is 8.43. The molecule has 0 bridgehead atoms. The van der Waals surface area contributed by atoms with Crippen LogP contribution in [0, 0.1) is 0 Å². The molecule has 3 rings (SSSR count). The average Bonchev–Trinajstić information content (AvgIpc) is 3.33. The van der Waals surface area contributed by atoms with Crippen LogP contribution < -0.4 is 14.8 Å². The highest BCUT2D eigenvalue weighted by atomic mass is 16.5. The van der Waals surface area contributed by atoms with Crippen LogP contribution in [0.5, 0.6) is 11.5 Å². The lowest BCUT2D eigenvalue weighted by atomic mass is 9.91. The minimum atomic E-state index is -1.10. The van der Waals surface area contributed by atoms with Crippen molar-refractivity contribution in [2.75, 3.05) is 27.4 Å². The minimum Gasteiger partial charge on any atom is -0.496 e. The number of benzene rings is 2. The zero-order chi connectivity index (χ0) is 24.6. The maximum absolute atomic E-state index is 13.1. The second-order valence-electron chi connectivity index (χ2n) is 8.43. The van der Waals surface area contributed by atoms with Crippen LogP contribution in [0.3, 0.4) is 0 Å². The lowest BCUT2D eigenvalue weighted by Crippen LogP contribution is -2.52. The number of unbranched alkanes of at least 4 members (excludes halogenated alkanes) is 1. The smallest absolute Gasteiger partial charge is 0.326 e. The van der Waals surface area contributed by atoms with E-state index in [1.54, 1.807) is 14.2 Å². The van der Waals surface area contributed by atoms with Gasteiger partial charge in [-0.2, -0.15) is 0 Å². The van der Waals surface area contributed by atoms with Gasteiger partial charge < -0.3 is 29.7 Å². The molecule has 1 unspecified atom stereocenters. The third-order valence-corrected chi connectivity index (χ3v) is 6.22. The van der Waals surface area contributed by atoms with Crippen molar-refractivity contribution in [1.82, 2.24) is 5.32 Å². The Bertz CT molecular complexity index is 945. The first kappa shape index (κ1) is 25.5. The van der Waals surface area contributed by atoms with Crippen molar-refractivity contribution in [2.45, 2.75) is 50.2 Å². The van der Waals surface area contributed by atoms with Crippen molar-refractivity contribution < 1.29 is 34.0 Å². The first-order chi connectivity index (χ1) is 16.4. The molecule has 1 saturated heterocycles. The van der Waals surface area contributed by atoms with E-state index in [1.807, 2.05) is 42.5 Å². The fourth-order valence-electron chi connectivity index (χ4n) is 4.38. The number of amides is 1. The molecule has 2 atom stereocenters. The van der Waals surface area contributed by atoms with Crippen LogP contribution in [0.2, 0.25) is 0 Å². The summed E-state index contributed by atoms with van der Waals surface area (Å²) in [5.74, 6) is -0.158. The molecule has 0 aliphatic carbocycles. The maximum Gasteiger partial charge on any atom is 0.326 e. The number of carboxylic acids is 1. The van der Waals surface area contributed by atoms with Crippen LogP contribution in [0.1, 0.15) is 37.7 Å². The van der Waals surface area contributed by atoms with Gasteiger partial charge in [-0.1, -0.05) is 30.3 Å². The Labute approximate surface area is 199 Å². The van der Waals surface area contributed by atoms with Crippen LogP contribution in [0.25, 0.3) is 11.1 Å². The van der Waals surface area contributed by atoms with Crippen molar-refractivity contribution in [1.29, 1.82) is 0 Å². The SMILES string of the molecule is COc1cccc(OC)c1-c1ccc(C[C@H](NC(=O)C2(CCCCO)CCCO2)C(=O)O)cc1. The maximum atomic E-state index is 13.1. The van der Waals surface area contributed by atoms with E-state index < -0.39 is 23.5 Å². The molecule has 8 nitrogen and oxygen atoms in total. The van der Waals surface area contributed by atoms with Gasteiger partial charge in [0.1, 0.15) is 23.1 Å². The van der Waals surface area contributed by atoms with E-state index in [-0.39, 0.29) is 13.0 Å². The summed E-state index contributed by atoms with van der Waals surface area (Å²) in [4.78, 5) is 25.0. The summed E-state index contributed by atoms with van der Waals surface area (Å²) in [6.45, 7) is 0.518. The van der Waals surface area contributed by atoms with E-state index >= 15 is 0 Å². The first-order valence-corrected chi connectivity index (χ1v) is 11.5. The molecule has 1 aliphatic rings. The molecule has 1 aliphatic heterocycles. The molecule has 0 spiro atoms. The zero-order valence-corrected chi connectivity index (χ0v) is 19.7. The molecule has 2 aromatic carbocycles. The largest absolute Gasteiger partial charge is 0.496 e. The molecule has 0 aromatic heterocycles. The molecule has 8 heteroatoms. The van der Waals surface area contributed by atoms with E-state index in [0.717, 1.165) is 23.1 Å². The highest BCUT2D eigenvalue weighted by Gasteiger charge is 2.43. The molecule has 34 heavy (non-hydrogen) atoms. The predicted octanol–water partition coefficient (Wildman–Crippen LogP) is 3.19. The van der Waals surface area contributed by atoms with E-state index in [2.05, 4.69) is 5.32 Å². The highest BCUT2D eigenvalue weighted by molar-refractivity contribution is 5.89. The third kappa shape index (κ3) is 5.87. The summed E-state index contributed by atoms with van der Waals surface area (Å²) in [6.07, 6.45) is 3.10. The van der Waals surface area contributed by atoms with Crippen molar-refractivity contribution >= 4 is 11.9 Å². The fourth-order valence-corrected chi connectivity index (χ4v) is 4.38. The van der Waals surface area contributed by atoms with Gasteiger partial charge in [-0.05, 0) is 55.4 Å². The predicted molar refractivity (Wildman–Crippen MR) is 127 cm³/mol. The Morgan fingerprint density at radius 3 is 2.29 bits per heavy atom. The van der Waals surface area contributed by atoms with Crippen LogP contribution in [-0.4, -0.2) is 61.2 Å². The van der Waals surface area contributed by atoms with E-state index in [9.17, 15) is 14.7 Å². The molecule has 1 heterocycles. The van der Waals surface area contributed by atoms with E-state index in [4.69, 9.17) is 19.3 Å². The molecular weight excluding hydrogens is 438 g/mol. The van der Waals surface area contributed by atoms with Crippen molar-refractivity contribution in [2.24, 2.45) is 0 Å². The van der Waals surface area contributed by atoms with Crippen LogP contribution >= 0.6 is 0 Å². The van der Waals surface area contributed by atoms with Crippen molar-refractivity contribution in [3.63, 3.8) is 0 Å². The van der Waals surface area contributed by atoms with Gasteiger partial charge in [0, 0.05) is 19.6 Å². The van der Waals surface area contributed by atoms with E-state index in [1.165, 1.54) is 0 Å². The summed E-state index contributed by atoms with van der Waals surface area (Å²) in [7, 11) is 3.19. The second kappa shape index (κ2) is 11.9. The molecule has 184 valence electrons. The molecule has 3 N–H and O–H groups in total. The molecule has 1 fully saturated rings. The number of carbonyl (C=O) groups is 2. The number of aliphatic carboxylic acids is 1. The van der Waals surface area contributed by atoms with Gasteiger partial charge in [0.25, 0.3) is 5.91 Å². The number of carbonyl (C=O) groups excluding carboxylic acids is 1. The van der Waals surface area contributed by atoms with Gasteiger partial charge in [-0.15, -0.1) is 0 Å². The highest BCUT2D eigenvalue weighted by Crippen LogP contribution is 2.38. The average molecular weight is 472 g/mol. The normalized spacial score (nSPS) is 18.3. The number of rotatable bonds is 12. The third-order valence-electron chi connectivity index (χ3n) is 6.22. The molecule has 1 amide bonds. The summed E-state index contributed by atoms with van der Waals surface area (Å²) in [6, 6.07) is 11.9. The van der Waals surface area contributed by atoms with Gasteiger partial charge in [-0.25, -0.2) is 4.79 Å². The number of nitrogens with one attached hydrogen (secondary N) is 1. The van der Waals surface area contributed by atoms with Gasteiger partial charge in [0.05, 0.1) is 19.8 Å². The minimum absolute atomic E-state index is 0.0478. The first-order valence-electron chi connectivity index (χ1n) is 11.5. The van der Waals surface area contributed by atoms with E-state index in [0.29, 0.717) is 43.8 Å². The number of ether oxygens (including phenoxy) is 3. The number of aliphatic hydroxyl groups excluding tert-OH is 1. The monoisotopic (exact) mass is 471 g/mol. The lowest BCUT2D eigenvalue weighted by Gasteiger charge is -2.29. The number of hydrogen-bond donors (Lipinski definition) is 3. The Morgan fingerprint density at radius 1 is 1.09 bits per heavy atom. The Balaban J connectivity index is 1.74. The topological polar surface area (TPSA) is 114 Å². The van der Waals surface area contributed by atoms with Crippen molar-refractivity contribution in [3.8, 4) is 22.6 Å². The van der Waals surface area contributed by atoms with Gasteiger partial charge in [0.15, 0.2) is 0 Å². The quantitative estimate of drug-likeness (QED) is 0.407. The number of methoxy groups -OCH3 is 2. The summed E-state index contributed by atoms with van der Waals surface area (Å²) < 4.78 is 16.7. The summed E-state index contributed by atoms with van der Waals surface area (Å²) in [5.41, 5.74) is 1.43. The van der Waals surface area contributed by atoms with Crippen molar-refractivity contribution in [3.05, 3.63) is 48.0 Å². The van der Waals surface area contributed by atoms with Crippen LogP contribution in [0.4, 0.5) is 0 Å². The Kier molecular flexibility index (Phi) is 8.90. The fraction of sp³-hybridized carbons (Fsp3) is 0.462. The summed E-state index contributed by atoms with van der Waals surface area (Å²) >= 11 is 0. The van der Waals surface area contributed by atoms with Gasteiger partial charge in [-0.3, -0.25) is 4.79 Å².